The van der Waals surface area contributed by atoms with Crippen LogP contribution in [-0.2, 0) is 6.54 Å². The molecule has 0 bridgehead atoms. The summed E-state index contributed by atoms with van der Waals surface area (Å²) in [6.07, 6.45) is 0.615. The predicted octanol–water partition coefficient (Wildman–Crippen LogP) is 4.06. The van der Waals surface area contributed by atoms with Crippen molar-refractivity contribution in [3.05, 3.63) is 92.0 Å². The first kappa shape index (κ1) is 25.5. The van der Waals surface area contributed by atoms with Gasteiger partial charge in [-0.25, -0.2) is 0 Å². The number of non-ortho nitro benzene ring substituents is 1. The van der Waals surface area contributed by atoms with Crippen molar-refractivity contribution in [3.8, 4) is 28.6 Å². The number of phenolic OH excluding ortho intramolecular Hbond substituents is 1. The standard InChI is InChI=1S/C26H22N6O7/c33-16-20-13-17(1-8-24(20)34)15-29-9-11-30(12-10-29)22-7-4-19(14-23(22)32(37)38)26-27-25(28-39-26)18-2-5-21(6-3-18)31(35)36/h1-8,13-14,16,34H,9-12,15H2. The van der Waals surface area contributed by atoms with Gasteiger partial charge in [-0.2, -0.15) is 4.98 Å². The number of carbonyl (C=O) groups excluding carboxylic acids is 1. The molecule has 1 aromatic heterocycles. The average Bonchev–Trinajstić information content (AvgIpc) is 3.45. The third kappa shape index (κ3) is 5.43. The normalized spacial score (nSPS) is 13.8. The molecular weight excluding hydrogens is 508 g/mol. The monoisotopic (exact) mass is 530 g/mol. The van der Waals surface area contributed by atoms with E-state index in [2.05, 4.69) is 15.0 Å². The zero-order valence-electron chi connectivity index (χ0n) is 20.5. The Kier molecular flexibility index (Phi) is 6.97. The van der Waals surface area contributed by atoms with Crippen molar-refractivity contribution < 1.29 is 24.3 Å². The van der Waals surface area contributed by atoms with Crippen LogP contribution in [0.25, 0.3) is 22.8 Å². The molecule has 0 aliphatic carbocycles. The van der Waals surface area contributed by atoms with Gasteiger partial charge in [0.05, 0.1) is 15.4 Å². The Hall–Kier alpha value is -5.17. The first-order valence-electron chi connectivity index (χ1n) is 11.9. The van der Waals surface area contributed by atoms with Crippen LogP contribution in [0, 0.1) is 20.2 Å². The van der Waals surface area contributed by atoms with Crippen molar-refractivity contribution in [1.29, 1.82) is 0 Å². The van der Waals surface area contributed by atoms with Crippen molar-refractivity contribution in [2.45, 2.75) is 6.54 Å². The number of nitro benzene ring substituents is 2. The Balaban J connectivity index is 1.29. The molecule has 4 aromatic rings. The van der Waals surface area contributed by atoms with Gasteiger partial charge in [0.15, 0.2) is 6.29 Å². The van der Waals surface area contributed by atoms with Crippen LogP contribution in [0.4, 0.5) is 17.1 Å². The number of nitrogens with zero attached hydrogens (tertiary/aromatic N) is 6. The molecule has 3 aromatic carbocycles. The number of aldehydes is 1. The van der Waals surface area contributed by atoms with E-state index in [9.17, 15) is 30.1 Å². The van der Waals surface area contributed by atoms with Gasteiger partial charge in [0.2, 0.25) is 5.82 Å². The molecule has 2 heterocycles. The maximum absolute atomic E-state index is 12.0. The number of phenols is 1. The predicted molar refractivity (Wildman–Crippen MR) is 139 cm³/mol. The Morgan fingerprint density at radius 2 is 1.64 bits per heavy atom. The highest BCUT2D eigenvalue weighted by atomic mass is 16.6. The number of carbonyl (C=O) groups is 1. The third-order valence-corrected chi connectivity index (χ3v) is 6.52. The summed E-state index contributed by atoms with van der Waals surface area (Å²) >= 11 is 0. The fourth-order valence-electron chi connectivity index (χ4n) is 4.46. The first-order chi connectivity index (χ1) is 18.8. The topological polar surface area (TPSA) is 169 Å². The van der Waals surface area contributed by atoms with E-state index in [-0.39, 0.29) is 34.4 Å². The van der Waals surface area contributed by atoms with Gasteiger partial charge in [0.25, 0.3) is 17.3 Å². The number of hydrogen-bond acceptors (Lipinski definition) is 11. The molecule has 198 valence electrons. The van der Waals surface area contributed by atoms with Crippen LogP contribution in [0.2, 0.25) is 0 Å². The minimum atomic E-state index is -0.508. The Morgan fingerprint density at radius 3 is 2.31 bits per heavy atom. The lowest BCUT2D eigenvalue weighted by atomic mass is 10.1. The number of aromatic nitrogens is 2. The second-order valence-electron chi connectivity index (χ2n) is 8.96. The number of aromatic hydroxyl groups is 1. The molecule has 0 unspecified atom stereocenters. The molecule has 5 rings (SSSR count). The molecule has 0 spiro atoms. The molecular formula is C26H22N6O7. The van der Waals surface area contributed by atoms with Gasteiger partial charge in [-0.3, -0.25) is 29.9 Å². The molecule has 0 amide bonds. The van der Waals surface area contributed by atoms with Gasteiger partial charge >= 0.3 is 0 Å². The van der Waals surface area contributed by atoms with Crippen LogP contribution in [0.5, 0.6) is 5.75 Å². The molecule has 0 radical (unpaired) electrons. The number of piperazine rings is 1. The SMILES string of the molecule is O=Cc1cc(CN2CCN(c3ccc(-c4nc(-c5ccc([N+](=O)[O-])cc5)no4)cc3[N+](=O)[O-])CC2)ccc1O. The third-order valence-electron chi connectivity index (χ3n) is 6.52. The van der Waals surface area contributed by atoms with Gasteiger partial charge in [0, 0.05) is 62.0 Å². The summed E-state index contributed by atoms with van der Waals surface area (Å²) in [5, 5.41) is 36.4. The van der Waals surface area contributed by atoms with E-state index >= 15 is 0 Å². The molecule has 39 heavy (non-hydrogen) atoms. The minimum absolute atomic E-state index is 0.0579. The summed E-state index contributed by atoms with van der Waals surface area (Å²) in [4.78, 5) is 41.4. The Bertz CT molecular complexity index is 1540. The van der Waals surface area contributed by atoms with Crippen LogP contribution in [0.15, 0.2) is 65.2 Å². The molecule has 0 atom stereocenters. The molecule has 1 saturated heterocycles. The fraction of sp³-hybridized carbons (Fsp3) is 0.192. The number of anilines is 1. The van der Waals surface area contributed by atoms with E-state index in [1.54, 1.807) is 24.3 Å². The lowest BCUT2D eigenvalue weighted by molar-refractivity contribution is -0.384. The zero-order chi connectivity index (χ0) is 27.5. The number of hydrogen-bond donors (Lipinski definition) is 1. The maximum Gasteiger partial charge on any atom is 0.293 e. The summed E-state index contributed by atoms with van der Waals surface area (Å²) in [6, 6.07) is 15.3. The second-order valence-corrected chi connectivity index (χ2v) is 8.96. The highest BCUT2D eigenvalue weighted by Crippen LogP contribution is 2.34. The Morgan fingerprint density at radius 1 is 0.923 bits per heavy atom. The minimum Gasteiger partial charge on any atom is -0.507 e. The number of benzene rings is 3. The van der Waals surface area contributed by atoms with Gasteiger partial charge in [-0.1, -0.05) is 11.2 Å². The summed E-state index contributed by atoms with van der Waals surface area (Å²) in [7, 11) is 0. The zero-order valence-corrected chi connectivity index (χ0v) is 20.5. The van der Waals surface area contributed by atoms with Crippen LogP contribution >= 0.6 is 0 Å². The quantitative estimate of drug-likeness (QED) is 0.198. The molecule has 13 heteroatoms. The van der Waals surface area contributed by atoms with Crippen LogP contribution in [0.3, 0.4) is 0 Å². The molecule has 1 fully saturated rings. The van der Waals surface area contributed by atoms with E-state index in [4.69, 9.17) is 4.52 Å². The first-order valence-corrected chi connectivity index (χ1v) is 11.9. The van der Waals surface area contributed by atoms with E-state index in [1.165, 1.54) is 36.4 Å². The van der Waals surface area contributed by atoms with Crippen LogP contribution in [-0.4, -0.2) is 62.5 Å². The van der Waals surface area contributed by atoms with Gasteiger partial charge in [-0.05, 0) is 42.0 Å². The number of rotatable bonds is 8. The highest BCUT2D eigenvalue weighted by Gasteiger charge is 2.25. The smallest absolute Gasteiger partial charge is 0.293 e. The average molecular weight is 530 g/mol. The molecule has 0 saturated carbocycles. The lowest BCUT2D eigenvalue weighted by Crippen LogP contribution is -2.46. The van der Waals surface area contributed by atoms with E-state index in [0.717, 1.165) is 5.56 Å². The van der Waals surface area contributed by atoms with E-state index in [1.807, 2.05) is 4.90 Å². The van der Waals surface area contributed by atoms with Crippen molar-refractivity contribution in [1.82, 2.24) is 15.0 Å². The lowest BCUT2D eigenvalue weighted by Gasteiger charge is -2.35. The summed E-state index contributed by atoms with van der Waals surface area (Å²) < 4.78 is 5.32. The van der Waals surface area contributed by atoms with Crippen molar-refractivity contribution >= 4 is 23.3 Å². The summed E-state index contributed by atoms with van der Waals surface area (Å²) in [6.45, 7) is 3.01. The second kappa shape index (κ2) is 10.7. The molecule has 1 aliphatic heterocycles. The van der Waals surface area contributed by atoms with E-state index in [0.29, 0.717) is 55.8 Å². The molecule has 13 nitrogen and oxygen atoms in total. The largest absolute Gasteiger partial charge is 0.507 e. The van der Waals surface area contributed by atoms with E-state index < -0.39 is 9.85 Å². The molecule has 1 aliphatic rings. The van der Waals surface area contributed by atoms with Gasteiger partial charge < -0.3 is 14.5 Å². The number of nitro groups is 2. The van der Waals surface area contributed by atoms with Crippen molar-refractivity contribution in [2.75, 3.05) is 31.1 Å². The van der Waals surface area contributed by atoms with Crippen LogP contribution < -0.4 is 4.90 Å². The van der Waals surface area contributed by atoms with Crippen molar-refractivity contribution in [3.63, 3.8) is 0 Å². The van der Waals surface area contributed by atoms with Crippen LogP contribution in [0.1, 0.15) is 15.9 Å². The summed E-state index contributed by atoms with van der Waals surface area (Å²) in [5.74, 6) is 0.237. The van der Waals surface area contributed by atoms with Gasteiger partial charge in [0.1, 0.15) is 11.4 Å². The summed E-state index contributed by atoms with van der Waals surface area (Å²) in [5.41, 5.74) is 2.34. The van der Waals surface area contributed by atoms with Crippen molar-refractivity contribution in [2.24, 2.45) is 0 Å². The molecule has 1 N–H and O–H groups in total. The fourth-order valence-corrected chi connectivity index (χ4v) is 4.46. The maximum atomic E-state index is 12.0. The van der Waals surface area contributed by atoms with Gasteiger partial charge in [-0.15, -0.1) is 0 Å². The Labute approximate surface area is 221 Å². The highest BCUT2D eigenvalue weighted by molar-refractivity contribution is 5.79.